The van der Waals surface area contributed by atoms with E-state index in [0.717, 1.165) is 28.5 Å². The second-order valence-corrected chi connectivity index (χ2v) is 7.37. The molecule has 6 nitrogen and oxygen atoms in total. The molecule has 3 aromatic rings. The number of thioether (sulfide) groups is 1. The Morgan fingerprint density at radius 1 is 1.21 bits per heavy atom. The highest BCUT2D eigenvalue weighted by Gasteiger charge is 2.20. The van der Waals surface area contributed by atoms with Crippen molar-refractivity contribution in [1.82, 2.24) is 10.2 Å². The van der Waals surface area contributed by atoms with E-state index in [9.17, 15) is 9.18 Å². The molecule has 148 valence electrons. The van der Waals surface area contributed by atoms with Crippen LogP contribution in [0.25, 0.3) is 11.5 Å². The number of aryl methyl sites for hydroxylation is 2. The van der Waals surface area contributed by atoms with Gasteiger partial charge in [-0.1, -0.05) is 41.1 Å². The van der Waals surface area contributed by atoms with Gasteiger partial charge in [-0.05, 0) is 38.1 Å². The Hall–Kier alpha value is -3.18. The third-order valence-corrected chi connectivity index (χ3v) is 4.89. The number of carbonyl (C=O) groups excluding carboxylic acids is 1. The first-order valence-electron chi connectivity index (χ1n) is 8.94. The van der Waals surface area contributed by atoms with Crippen LogP contribution >= 0.6 is 11.8 Å². The van der Waals surface area contributed by atoms with E-state index in [1.54, 1.807) is 12.1 Å². The maximum Gasteiger partial charge on any atom is 0.277 e. The molecule has 0 saturated heterocycles. The van der Waals surface area contributed by atoms with Crippen molar-refractivity contribution in [1.29, 1.82) is 5.26 Å². The number of benzene rings is 2. The molecule has 1 aromatic heterocycles. The molecule has 2 aromatic carbocycles. The number of hydrogen-bond acceptors (Lipinski definition) is 6. The molecule has 0 fully saturated rings. The highest BCUT2D eigenvalue weighted by molar-refractivity contribution is 7.99. The molecule has 0 N–H and O–H groups in total. The lowest BCUT2D eigenvalue weighted by atomic mass is 10.1. The van der Waals surface area contributed by atoms with E-state index in [0.29, 0.717) is 5.89 Å². The lowest BCUT2D eigenvalue weighted by Crippen LogP contribution is -2.34. The Morgan fingerprint density at radius 2 is 1.93 bits per heavy atom. The quantitative estimate of drug-likeness (QED) is 0.532. The van der Waals surface area contributed by atoms with Gasteiger partial charge in [0.15, 0.2) is 0 Å². The normalized spacial score (nSPS) is 10.6. The molecule has 0 spiro atoms. The van der Waals surface area contributed by atoms with Gasteiger partial charge in [0.25, 0.3) is 5.22 Å². The first-order chi connectivity index (χ1) is 14.0. The van der Waals surface area contributed by atoms with Crippen molar-refractivity contribution < 1.29 is 13.6 Å². The third kappa shape index (κ3) is 5.21. The average molecular weight is 410 g/mol. The molecule has 0 bridgehead atoms. The van der Waals surface area contributed by atoms with E-state index < -0.39 is 5.82 Å². The summed E-state index contributed by atoms with van der Waals surface area (Å²) in [5.41, 5.74) is 3.13. The molecule has 29 heavy (non-hydrogen) atoms. The van der Waals surface area contributed by atoms with Crippen LogP contribution < -0.4 is 4.90 Å². The molecule has 0 saturated carbocycles. The number of aromatic nitrogens is 2. The molecule has 0 unspecified atom stereocenters. The third-order valence-electron chi connectivity index (χ3n) is 4.09. The predicted molar refractivity (Wildman–Crippen MR) is 109 cm³/mol. The van der Waals surface area contributed by atoms with Crippen molar-refractivity contribution in [3.8, 4) is 17.5 Å². The smallest absolute Gasteiger partial charge is 0.277 e. The Bertz CT molecular complexity index is 1040. The van der Waals surface area contributed by atoms with Gasteiger partial charge < -0.3 is 9.32 Å². The van der Waals surface area contributed by atoms with Gasteiger partial charge in [0.05, 0.1) is 23.9 Å². The number of amides is 1. The molecular formula is C21H19FN4O2S. The summed E-state index contributed by atoms with van der Waals surface area (Å²) in [5, 5.41) is 17.1. The Kier molecular flexibility index (Phi) is 6.62. The van der Waals surface area contributed by atoms with Crippen LogP contribution in [0.1, 0.15) is 17.5 Å². The van der Waals surface area contributed by atoms with Crippen molar-refractivity contribution in [2.24, 2.45) is 0 Å². The zero-order valence-electron chi connectivity index (χ0n) is 16.1. The molecule has 0 atom stereocenters. The second kappa shape index (κ2) is 9.34. The Morgan fingerprint density at radius 3 is 2.62 bits per heavy atom. The van der Waals surface area contributed by atoms with Gasteiger partial charge in [-0.15, -0.1) is 10.2 Å². The van der Waals surface area contributed by atoms with Crippen LogP contribution in [-0.4, -0.2) is 28.4 Å². The molecule has 1 heterocycles. The van der Waals surface area contributed by atoms with Crippen molar-refractivity contribution in [2.45, 2.75) is 25.5 Å². The Balaban J connectivity index is 1.71. The molecule has 8 heteroatoms. The minimum atomic E-state index is -0.515. The van der Waals surface area contributed by atoms with Gasteiger partial charge in [0.1, 0.15) is 5.82 Å². The summed E-state index contributed by atoms with van der Waals surface area (Å²) >= 11 is 1.08. The number of nitriles is 1. The molecule has 3 rings (SSSR count). The van der Waals surface area contributed by atoms with Crippen molar-refractivity contribution in [3.05, 3.63) is 59.4 Å². The Labute approximate surface area is 172 Å². The summed E-state index contributed by atoms with van der Waals surface area (Å²) in [4.78, 5) is 14.0. The van der Waals surface area contributed by atoms with E-state index in [4.69, 9.17) is 9.68 Å². The monoisotopic (exact) mass is 410 g/mol. The van der Waals surface area contributed by atoms with E-state index in [2.05, 4.69) is 10.2 Å². The van der Waals surface area contributed by atoms with Crippen molar-refractivity contribution in [3.63, 3.8) is 0 Å². The highest BCUT2D eigenvalue weighted by atomic mass is 32.2. The van der Waals surface area contributed by atoms with Gasteiger partial charge in [-0.25, -0.2) is 4.39 Å². The van der Waals surface area contributed by atoms with Crippen LogP contribution in [-0.2, 0) is 4.79 Å². The summed E-state index contributed by atoms with van der Waals surface area (Å²) in [6, 6.07) is 13.9. The predicted octanol–water partition coefficient (Wildman–Crippen LogP) is 4.53. The number of nitrogens with zero attached hydrogens (tertiary/aromatic N) is 4. The van der Waals surface area contributed by atoms with Gasteiger partial charge in [0.2, 0.25) is 11.8 Å². The summed E-state index contributed by atoms with van der Waals surface area (Å²) in [6.45, 7) is 4.08. The second-order valence-electron chi connectivity index (χ2n) is 6.44. The van der Waals surface area contributed by atoms with Crippen LogP contribution in [0.3, 0.4) is 0 Å². The van der Waals surface area contributed by atoms with Gasteiger partial charge >= 0.3 is 0 Å². The standard InChI is InChI=1S/C21H19FN4O2S/c1-14-10-15(2)12-16(11-14)20-24-25-21(28-20)29-13-19(27)26(9-5-8-23)18-7-4-3-6-17(18)22/h3-4,6-7,10-12H,5,9,13H2,1-2H3. The zero-order chi connectivity index (χ0) is 20.8. The molecule has 0 radical (unpaired) electrons. The minimum absolute atomic E-state index is 0.0196. The van der Waals surface area contributed by atoms with E-state index in [-0.39, 0.29) is 35.5 Å². The SMILES string of the molecule is Cc1cc(C)cc(-c2nnc(SCC(=O)N(CCC#N)c3ccccc3F)o2)c1. The number of carbonyl (C=O) groups is 1. The molecule has 0 aliphatic rings. The van der Waals surface area contributed by atoms with Crippen molar-refractivity contribution >= 4 is 23.4 Å². The molecule has 0 aliphatic heterocycles. The van der Waals surface area contributed by atoms with Crippen LogP contribution in [0, 0.1) is 31.0 Å². The topological polar surface area (TPSA) is 83.0 Å². The first-order valence-corrected chi connectivity index (χ1v) is 9.93. The van der Waals surface area contributed by atoms with Gasteiger partial charge in [0, 0.05) is 12.1 Å². The largest absolute Gasteiger partial charge is 0.411 e. The number of anilines is 1. The lowest BCUT2D eigenvalue weighted by molar-refractivity contribution is -0.116. The number of halogens is 1. The summed E-state index contributed by atoms with van der Waals surface area (Å²) < 4.78 is 19.8. The van der Waals surface area contributed by atoms with Crippen molar-refractivity contribution in [2.75, 3.05) is 17.2 Å². The van der Waals surface area contributed by atoms with Crippen LogP contribution in [0.4, 0.5) is 10.1 Å². The zero-order valence-corrected chi connectivity index (χ0v) is 16.9. The number of rotatable bonds is 7. The summed E-state index contributed by atoms with van der Waals surface area (Å²) in [7, 11) is 0. The number of para-hydroxylation sites is 1. The maximum absolute atomic E-state index is 14.1. The summed E-state index contributed by atoms with van der Waals surface area (Å²) in [6.07, 6.45) is 0.0994. The van der Waals surface area contributed by atoms with Crippen LogP contribution in [0.2, 0.25) is 0 Å². The molecule has 0 aliphatic carbocycles. The van der Waals surface area contributed by atoms with E-state index in [1.807, 2.05) is 38.1 Å². The number of hydrogen-bond donors (Lipinski definition) is 0. The van der Waals surface area contributed by atoms with E-state index >= 15 is 0 Å². The average Bonchev–Trinajstić information content (AvgIpc) is 3.16. The van der Waals surface area contributed by atoms with Gasteiger partial charge in [-0.3, -0.25) is 4.79 Å². The summed E-state index contributed by atoms with van der Waals surface area (Å²) in [5.74, 6) is -0.504. The van der Waals surface area contributed by atoms with E-state index in [1.165, 1.54) is 17.0 Å². The maximum atomic E-state index is 14.1. The minimum Gasteiger partial charge on any atom is -0.411 e. The molecular weight excluding hydrogens is 391 g/mol. The lowest BCUT2D eigenvalue weighted by Gasteiger charge is -2.21. The van der Waals surface area contributed by atoms with Crippen LogP contribution in [0.15, 0.2) is 52.1 Å². The fourth-order valence-electron chi connectivity index (χ4n) is 2.90. The van der Waals surface area contributed by atoms with Gasteiger partial charge in [-0.2, -0.15) is 5.26 Å². The highest BCUT2D eigenvalue weighted by Crippen LogP contribution is 2.26. The first kappa shape index (κ1) is 20.6. The van der Waals surface area contributed by atoms with Crippen LogP contribution in [0.5, 0.6) is 0 Å². The fourth-order valence-corrected chi connectivity index (χ4v) is 3.54. The molecule has 1 amide bonds. The fraction of sp³-hybridized carbons (Fsp3) is 0.238.